The van der Waals surface area contributed by atoms with Crippen molar-refractivity contribution in [2.45, 2.75) is 64.8 Å². The molecule has 0 heterocycles. The quantitative estimate of drug-likeness (QED) is 0.722. The lowest BCUT2D eigenvalue weighted by atomic mass is 9.49. The number of amides is 3. The molecule has 4 rings (SSSR count). The van der Waals surface area contributed by atoms with Gasteiger partial charge in [0.15, 0.2) is 0 Å². The van der Waals surface area contributed by atoms with Crippen molar-refractivity contribution in [3.05, 3.63) is 0 Å². The van der Waals surface area contributed by atoms with Crippen LogP contribution in [-0.4, -0.2) is 48.8 Å². The maximum absolute atomic E-state index is 12.8. The third-order valence-corrected chi connectivity index (χ3v) is 6.40. The van der Waals surface area contributed by atoms with Crippen LogP contribution in [0.1, 0.15) is 58.8 Å². The summed E-state index contributed by atoms with van der Waals surface area (Å²) in [5.41, 5.74) is -0.166. The molecule has 0 aromatic rings. The van der Waals surface area contributed by atoms with Gasteiger partial charge in [-0.3, -0.25) is 14.4 Å². The van der Waals surface area contributed by atoms with Gasteiger partial charge in [0.05, 0.1) is 6.54 Å². The minimum absolute atomic E-state index is 0.0555. The van der Waals surface area contributed by atoms with Crippen LogP contribution < -0.4 is 10.6 Å². The van der Waals surface area contributed by atoms with Crippen LogP contribution in [0.15, 0.2) is 0 Å². The van der Waals surface area contributed by atoms with Gasteiger partial charge in [-0.2, -0.15) is 0 Å². The van der Waals surface area contributed by atoms with E-state index in [1.807, 2.05) is 13.8 Å². The summed E-state index contributed by atoms with van der Waals surface area (Å²) in [7, 11) is 1.63. The number of hydrogen-bond donors (Lipinski definition) is 2. The summed E-state index contributed by atoms with van der Waals surface area (Å²) in [5.74, 6) is 2.09. The second-order valence-corrected chi connectivity index (χ2v) is 9.18. The zero-order valence-corrected chi connectivity index (χ0v) is 16.3. The van der Waals surface area contributed by atoms with Crippen molar-refractivity contribution in [1.29, 1.82) is 0 Å². The summed E-state index contributed by atoms with van der Waals surface area (Å²) >= 11 is 0. The summed E-state index contributed by atoms with van der Waals surface area (Å²) in [6, 6.07) is 0.0607. The van der Waals surface area contributed by atoms with Gasteiger partial charge in [-0.05, 0) is 70.1 Å². The predicted molar refractivity (Wildman–Crippen MR) is 99.1 cm³/mol. The number of likely N-dealkylation sites (N-methyl/N-ethyl adjacent to an activating group) is 1. The third-order valence-electron chi connectivity index (χ3n) is 6.40. The van der Waals surface area contributed by atoms with Gasteiger partial charge in [0.25, 0.3) is 0 Å². The van der Waals surface area contributed by atoms with Crippen LogP contribution >= 0.6 is 0 Å². The van der Waals surface area contributed by atoms with Gasteiger partial charge in [-0.1, -0.05) is 0 Å². The van der Waals surface area contributed by atoms with Gasteiger partial charge in [0, 0.05) is 31.5 Å². The molecule has 26 heavy (non-hydrogen) atoms. The molecule has 0 radical (unpaired) electrons. The molecule has 0 aliphatic heterocycles. The van der Waals surface area contributed by atoms with Gasteiger partial charge >= 0.3 is 0 Å². The molecular weight excluding hydrogens is 330 g/mol. The Hall–Kier alpha value is -1.59. The van der Waals surface area contributed by atoms with E-state index < -0.39 is 0 Å². The zero-order chi connectivity index (χ0) is 18.9. The van der Waals surface area contributed by atoms with Crippen molar-refractivity contribution in [2.24, 2.45) is 23.2 Å². The molecule has 0 aromatic carbocycles. The first-order valence-electron chi connectivity index (χ1n) is 10.1. The van der Waals surface area contributed by atoms with Crippen molar-refractivity contribution < 1.29 is 14.4 Å². The maximum atomic E-state index is 12.8. The van der Waals surface area contributed by atoms with Gasteiger partial charge in [0.1, 0.15) is 0 Å². The molecule has 6 nitrogen and oxygen atoms in total. The van der Waals surface area contributed by atoms with Crippen LogP contribution in [0.3, 0.4) is 0 Å². The SMILES string of the molecule is CC(C)NC(=O)CN(C)C(=O)CCNC(=O)C12CC3CC(CC(C3)C1)C2. The Morgan fingerprint density at radius 3 is 2.08 bits per heavy atom. The van der Waals surface area contributed by atoms with E-state index in [0.29, 0.717) is 6.54 Å². The largest absolute Gasteiger partial charge is 0.355 e. The molecule has 4 bridgehead atoms. The van der Waals surface area contributed by atoms with E-state index in [9.17, 15) is 14.4 Å². The standard InChI is InChI=1S/C20H33N3O3/c1-13(2)22-17(24)12-23(3)18(25)4-5-21-19(26)20-9-14-6-15(10-20)8-16(7-14)11-20/h13-16H,4-12H2,1-3H3,(H,21,26)(H,22,24). The highest BCUT2D eigenvalue weighted by Gasteiger charge is 2.54. The summed E-state index contributed by atoms with van der Waals surface area (Å²) in [6.45, 7) is 4.19. The Kier molecular flexibility index (Phi) is 5.58. The number of nitrogens with one attached hydrogen (secondary N) is 2. The Morgan fingerprint density at radius 1 is 1.04 bits per heavy atom. The highest BCUT2D eigenvalue weighted by molar-refractivity contribution is 5.86. The fourth-order valence-electron chi connectivity index (χ4n) is 5.72. The van der Waals surface area contributed by atoms with Crippen molar-refractivity contribution in [3.8, 4) is 0 Å². The van der Waals surface area contributed by atoms with Crippen LogP contribution in [-0.2, 0) is 14.4 Å². The fourth-order valence-corrected chi connectivity index (χ4v) is 5.72. The van der Waals surface area contributed by atoms with E-state index in [2.05, 4.69) is 10.6 Å². The monoisotopic (exact) mass is 363 g/mol. The molecule has 0 aromatic heterocycles. The molecule has 4 aliphatic rings. The lowest BCUT2D eigenvalue weighted by molar-refractivity contribution is -0.146. The van der Waals surface area contributed by atoms with E-state index in [1.165, 1.54) is 24.2 Å². The van der Waals surface area contributed by atoms with Crippen molar-refractivity contribution in [1.82, 2.24) is 15.5 Å². The lowest BCUT2D eigenvalue weighted by Gasteiger charge is -2.55. The minimum atomic E-state index is -0.166. The average Bonchev–Trinajstić information content (AvgIpc) is 2.52. The van der Waals surface area contributed by atoms with Crippen molar-refractivity contribution >= 4 is 17.7 Å². The van der Waals surface area contributed by atoms with Gasteiger partial charge in [0.2, 0.25) is 17.7 Å². The number of carbonyl (C=O) groups excluding carboxylic acids is 3. The molecule has 0 atom stereocenters. The molecule has 2 N–H and O–H groups in total. The Bertz CT molecular complexity index is 537. The van der Waals surface area contributed by atoms with Crippen molar-refractivity contribution in [2.75, 3.05) is 20.1 Å². The molecular formula is C20H33N3O3. The fraction of sp³-hybridized carbons (Fsp3) is 0.850. The molecule has 4 fully saturated rings. The summed E-state index contributed by atoms with van der Waals surface area (Å²) in [5, 5.41) is 5.80. The second-order valence-electron chi connectivity index (χ2n) is 9.18. The molecule has 0 saturated heterocycles. The van der Waals surface area contributed by atoms with E-state index in [-0.39, 0.29) is 42.1 Å². The summed E-state index contributed by atoms with van der Waals surface area (Å²) in [4.78, 5) is 38.2. The Balaban J connectivity index is 1.42. The Labute approximate surface area is 156 Å². The highest BCUT2D eigenvalue weighted by Crippen LogP contribution is 2.60. The molecule has 146 valence electrons. The number of carbonyl (C=O) groups is 3. The van der Waals surface area contributed by atoms with E-state index in [1.54, 1.807) is 7.05 Å². The molecule has 4 aliphatic carbocycles. The minimum Gasteiger partial charge on any atom is -0.355 e. The summed E-state index contributed by atoms with van der Waals surface area (Å²) in [6.07, 6.45) is 7.29. The number of hydrogen-bond acceptors (Lipinski definition) is 3. The Morgan fingerprint density at radius 2 is 1.58 bits per heavy atom. The first-order chi connectivity index (χ1) is 12.3. The molecule has 0 unspecified atom stereocenters. The molecule has 4 saturated carbocycles. The van der Waals surface area contributed by atoms with Gasteiger partial charge in [-0.15, -0.1) is 0 Å². The smallest absolute Gasteiger partial charge is 0.239 e. The van der Waals surface area contributed by atoms with Gasteiger partial charge in [-0.25, -0.2) is 0 Å². The highest BCUT2D eigenvalue weighted by atomic mass is 16.2. The zero-order valence-electron chi connectivity index (χ0n) is 16.3. The van der Waals surface area contributed by atoms with E-state index >= 15 is 0 Å². The topological polar surface area (TPSA) is 78.5 Å². The van der Waals surface area contributed by atoms with Crippen LogP contribution in [0, 0.1) is 23.2 Å². The first-order valence-corrected chi connectivity index (χ1v) is 10.1. The van der Waals surface area contributed by atoms with Crippen LogP contribution in [0.5, 0.6) is 0 Å². The second kappa shape index (κ2) is 7.57. The molecule has 6 heteroatoms. The third kappa shape index (κ3) is 4.21. The number of nitrogens with zero attached hydrogens (tertiary/aromatic N) is 1. The van der Waals surface area contributed by atoms with Crippen LogP contribution in [0.25, 0.3) is 0 Å². The molecule has 3 amide bonds. The van der Waals surface area contributed by atoms with Crippen LogP contribution in [0.2, 0.25) is 0 Å². The lowest BCUT2D eigenvalue weighted by Crippen LogP contribution is -2.53. The van der Waals surface area contributed by atoms with Crippen molar-refractivity contribution in [3.63, 3.8) is 0 Å². The van der Waals surface area contributed by atoms with Crippen LogP contribution in [0.4, 0.5) is 0 Å². The van der Waals surface area contributed by atoms with E-state index in [0.717, 1.165) is 37.0 Å². The van der Waals surface area contributed by atoms with E-state index in [4.69, 9.17) is 0 Å². The first kappa shape index (κ1) is 19.2. The maximum Gasteiger partial charge on any atom is 0.239 e. The molecule has 0 spiro atoms. The number of rotatable bonds is 7. The normalized spacial score (nSPS) is 31.8. The summed E-state index contributed by atoms with van der Waals surface area (Å²) < 4.78 is 0. The van der Waals surface area contributed by atoms with Gasteiger partial charge < -0.3 is 15.5 Å². The average molecular weight is 364 g/mol. The predicted octanol–water partition coefficient (Wildman–Crippen LogP) is 1.69.